The molecule has 2 rings (SSSR count). The molecule has 1 fully saturated rings. The van der Waals surface area contributed by atoms with Crippen LogP contribution in [0.15, 0.2) is 18.2 Å². The van der Waals surface area contributed by atoms with E-state index < -0.39 is 0 Å². The van der Waals surface area contributed by atoms with E-state index in [1.54, 1.807) is 6.07 Å². The molecule has 0 heterocycles. The molecule has 1 aromatic carbocycles. The summed E-state index contributed by atoms with van der Waals surface area (Å²) in [7, 11) is 2.08. The van der Waals surface area contributed by atoms with E-state index in [9.17, 15) is 4.39 Å². The topological polar surface area (TPSA) is 15.3 Å². The van der Waals surface area contributed by atoms with Gasteiger partial charge in [0.1, 0.15) is 5.82 Å². The summed E-state index contributed by atoms with van der Waals surface area (Å²) in [6, 6.07) is 6.03. The predicted molar refractivity (Wildman–Crippen MR) is 74.5 cm³/mol. The lowest BCUT2D eigenvalue weighted by atomic mass is 9.90. The molecule has 1 aliphatic carbocycles. The standard InChI is InChI=1S/C15H23FN2/c1-4-17-11(2)15-13(16)9-6-10-14(15)18(3)12-7-5-8-12/h6,9-12,17H,4-5,7-8H2,1-3H3. The molecular weight excluding hydrogens is 227 g/mol. The molecule has 0 spiro atoms. The van der Waals surface area contributed by atoms with Crippen LogP contribution in [-0.4, -0.2) is 19.6 Å². The number of nitrogens with one attached hydrogen (secondary N) is 1. The lowest BCUT2D eigenvalue weighted by Crippen LogP contribution is -2.38. The molecule has 1 N–H and O–H groups in total. The number of anilines is 1. The van der Waals surface area contributed by atoms with Gasteiger partial charge in [0.15, 0.2) is 0 Å². The smallest absolute Gasteiger partial charge is 0.130 e. The second-order valence-corrected chi connectivity index (χ2v) is 5.15. The summed E-state index contributed by atoms with van der Waals surface area (Å²) in [5, 5.41) is 3.31. The van der Waals surface area contributed by atoms with Crippen molar-refractivity contribution < 1.29 is 4.39 Å². The summed E-state index contributed by atoms with van der Waals surface area (Å²) < 4.78 is 14.1. The summed E-state index contributed by atoms with van der Waals surface area (Å²) in [6.07, 6.45) is 3.74. The van der Waals surface area contributed by atoms with Crippen molar-refractivity contribution in [2.75, 3.05) is 18.5 Å². The van der Waals surface area contributed by atoms with E-state index in [0.29, 0.717) is 6.04 Å². The van der Waals surface area contributed by atoms with E-state index in [1.165, 1.54) is 19.3 Å². The van der Waals surface area contributed by atoms with Crippen LogP contribution >= 0.6 is 0 Å². The molecule has 0 saturated heterocycles. The van der Waals surface area contributed by atoms with E-state index in [-0.39, 0.29) is 11.9 Å². The maximum atomic E-state index is 14.1. The number of halogens is 1. The third kappa shape index (κ3) is 2.51. The third-order valence-corrected chi connectivity index (χ3v) is 3.98. The SMILES string of the molecule is CCNC(C)c1c(F)cccc1N(C)C1CCC1. The highest BCUT2D eigenvalue weighted by molar-refractivity contribution is 5.56. The fraction of sp³-hybridized carbons (Fsp3) is 0.600. The highest BCUT2D eigenvalue weighted by Gasteiger charge is 2.26. The number of hydrogen-bond acceptors (Lipinski definition) is 2. The highest BCUT2D eigenvalue weighted by Crippen LogP contribution is 2.34. The Balaban J connectivity index is 2.30. The van der Waals surface area contributed by atoms with Crippen molar-refractivity contribution in [3.63, 3.8) is 0 Å². The first kappa shape index (κ1) is 13.3. The number of hydrogen-bond donors (Lipinski definition) is 1. The van der Waals surface area contributed by atoms with E-state index in [4.69, 9.17) is 0 Å². The van der Waals surface area contributed by atoms with Gasteiger partial charge in [-0.15, -0.1) is 0 Å². The second kappa shape index (κ2) is 5.70. The normalized spacial score (nSPS) is 17.3. The molecule has 1 saturated carbocycles. The molecule has 0 amide bonds. The van der Waals surface area contributed by atoms with Crippen molar-refractivity contribution in [2.45, 2.75) is 45.2 Å². The fourth-order valence-electron chi connectivity index (χ4n) is 2.64. The number of rotatable bonds is 5. The first-order valence-corrected chi connectivity index (χ1v) is 6.89. The zero-order valence-electron chi connectivity index (χ0n) is 11.5. The van der Waals surface area contributed by atoms with Crippen LogP contribution in [0.1, 0.15) is 44.7 Å². The van der Waals surface area contributed by atoms with E-state index in [1.807, 2.05) is 26.0 Å². The maximum absolute atomic E-state index is 14.1. The monoisotopic (exact) mass is 250 g/mol. The summed E-state index contributed by atoms with van der Waals surface area (Å²) in [5.74, 6) is -0.105. The van der Waals surface area contributed by atoms with Gasteiger partial charge in [0.25, 0.3) is 0 Å². The van der Waals surface area contributed by atoms with Gasteiger partial charge in [-0.1, -0.05) is 13.0 Å². The minimum absolute atomic E-state index is 0.0497. The third-order valence-electron chi connectivity index (χ3n) is 3.98. The second-order valence-electron chi connectivity index (χ2n) is 5.15. The zero-order valence-corrected chi connectivity index (χ0v) is 11.5. The Morgan fingerprint density at radius 2 is 2.17 bits per heavy atom. The van der Waals surface area contributed by atoms with E-state index >= 15 is 0 Å². The molecule has 0 radical (unpaired) electrons. The molecule has 1 atom stereocenters. The van der Waals surface area contributed by atoms with Crippen LogP contribution in [0.5, 0.6) is 0 Å². The van der Waals surface area contributed by atoms with Crippen LogP contribution in [-0.2, 0) is 0 Å². The van der Waals surface area contributed by atoms with Crippen LogP contribution in [0.2, 0.25) is 0 Å². The molecule has 0 aliphatic heterocycles. The summed E-state index contributed by atoms with van der Waals surface area (Å²) in [5.41, 5.74) is 1.84. The zero-order chi connectivity index (χ0) is 13.1. The van der Waals surface area contributed by atoms with Crippen molar-refractivity contribution >= 4 is 5.69 Å². The van der Waals surface area contributed by atoms with Gasteiger partial charge in [-0.2, -0.15) is 0 Å². The summed E-state index contributed by atoms with van der Waals surface area (Å²) in [4.78, 5) is 2.25. The van der Waals surface area contributed by atoms with Gasteiger partial charge in [0.05, 0.1) is 0 Å². The Kier molecular flexibility index (Phi) is 4.23. The Hall–Kier alpha value is -1.09. The van der Waals surface area contributed by atoms with Gasteiger partial charge in [-0.25, -0.2) is 4.39 Å². The molecule has 0 aromatic heterocycles. The van der Waals surface area contributed by atoms with Gasteiger partial charge in [-0.05, 0) is 44.9 Å². The Morgan fingerprint density at radius 1 is 1.44 bits per heavy atom. The average Bonchev–Trinajstić information content (AvgIpc) is 2.26. The van der Waals surface area contributed by atoms with E-state index in [2.05, 4.69) is 17.3 Å². The van der Waals surface area contributed by atoms with Gasteiger partial charge in [0, 0.05) is 30.4 Å². The fourth-order valence-corrected chi connectivity index (χ4v) is 2.64. The molecule has 1 aromatic rings. The lowest BCUT2D eigenvalue weighted by Gasteiger charge is -2.38. The van der Waals surface area contributed by atoms with E-state index in [0.717, 1.165) is 17.8 Å². The first-order valence-electron chi connectivity index (χ1n) is 6.89. The van der Waals surface area contributed by atoms with Crippen LogP contribution in [0.3, 0.4) is 0 Å². The molecular formula is C15H23FN2. The minimum atomic E-state index is -0.105. The van der Waals surface area contributed by atoms with Crippen LogP contribution in [0, 0.1) is 5.82 Å². The Bertz CT molecular complexity index is 401. The Morgan fingerprint density at radius 3 is 2.72 bits per heavy atom. The summed E-state index contributed by atoms with van der Waals surface area (Å²) >= 11 is 0. The largest absolute Gasteiger partial charge is 0.371 e. The molecule has 3 heteroatoms. The first-order chi connectivity index (χ1) is 8.65. The van der Waals surface area contributed by atoms with Gasteiger partial charge >= 0.3 is 0 Å². The average molecular weight is 250 g/mol. The number of nitrogens with zero attached hydrogens (tertiary/aromatic N) is 1. The van der Waals surface area contributed by atoms with Crippen LogP contribution < -0.4 is 10.2 Å². The van der Waals surface area contributed by atoms with Crippen LogP contribution in [0.25, 0.3) is 0 Å². The Labute approximate surface area is 109 Å². The highest BCUT2D eigenvalue weighted by atomic mass is 19.1. The lowest BCUT2D eigenvalue weighted by molar-refractivity contribution is 0.399. The molecule has 1 unspecified atom stereocenters. The number of benzene rings is 1. The quantitative estimate of drug-likeness (QED) is 0.860. The van der Waals surface area contributed by atoms with Gasteiger partial charge in [0.2, 0.25) is 0 Å². The maximum Gasteiger partial charge on any atom is 0.130 e. The van der Waals surface area contributed by atoms with Gasteiger partial charge in [-0.3, -0.25) is 0 Å². The van der Waals surface area contributed by atoms with Crippen molar-refractivity contribution in [3.05, 3.63) is 29.6 Å². The van der Waals surface area contributed by atoms with Gasteiger partial charge < -0.3 is 10.2 Å². The van der Waals surface area contributed by atoms with Crippen molar-refractivity contribution in [2.24, 2.45) is 0 Å². The van der Waals surface area contributed by atoms with Crippen LogP contribution in [0.4, 0.5) is 10.1 Å². The molecule has 18 heavy (non-hydrogen) atoms. The van der Waals surface area contributed by atoms with Crippen molar-refractivity contribution in [1.29, 1.82) is 0 Å². The molecule has 0 bridgehead atoms. The predicted octanol–water partition coefficient (Wildman–Crippen LogP) is 3.48. The van der Waals surface area contributed by atoms with Crippen molar-refractivity contribution in [1.82, 2.24) is 5.32 Å². The summed E-state index contributed by atoms with van der Waals surface area (Å²) in [6.45, 7) is 4.93. The van der Waals surface area contributed by atoms with Crippen molar-refractivity contribution in [3.8, 4) is 0 Å². The molecule has 2 nitrogen and oxygen atoms in total. The molecule has 100 valence electrons. The molecule has 1 aliphatic rings. The minimum Gasteiger partial charge on any atom is -0.371 e.